The Morgan fingerprint density at radius 2 is 1.73 bits per heavy atom. The molecule has 2 aromatic carbocycles. The summed E-state index contributed by atoms with van der Waals surface area (Å²) in [5.74, 6) is -0.956. The van der Waals surface area contributed by atoms with Crippen molar-refractivity contribution in [3.63, 3.8) is 0 Å². The zero-order valence-electron chi connectivity index (χ0n) is 15.3. The van der Waals surface area contributed by atoms with E-state index in [-0.39, 0.29) is 0 Å². The van der Waals surface area contributed by atoms with Crippen molar-refractivity contribution in [2.24, 2.45) is 5.73 Å². The maximum absolute atomic E-state index is 10.9. The Morgan fingerprint density at radius 3 is 2.38 bits per heavy atom. The smallest absolute Gasteiger partial charge is 0.320 e. The van der Waals surface area contributed by atoms with Crippen LogP contribution in [0.3, 0.4) is 0 Å². The molecule has 2 aromatic rings. The van der Waals surface area contributed by atoms with Gasteiger partial charge in [0.15, 0.2) is 0 Å². The van der Waals surface area contributed by atoms with Gasteiger partial charge in [0.2, 0.25) is 0 Å². The first-order chi connectivity index (χ1) is 12.5. The first-order valence-corrected chi connectivity index (χ1v) is 9.11. The topological polar surface area (TPSA) is 69.8 Å². The van der Waals surface area contributed by atoms with Gasteiger partial charge in [0.25, 0.3) is 0 Å². The maximum Gasteiger partial charge on any atom is 0.320 e. The third kappa shape index (κ3) is 4.84. The fourth-order valence-electron chi connectivity index (χ4n) is 3.37. The molecule has 0 saturated carbocycles. The molecule has 0 amide bonds. The predicted octanol–water partition coefficient (Wildman–Crippen LogP) is 2.27. The number of nitrogens with two attached hydrogens (primary N) is 1. The molecule has 1 heterocycles. The Kier molecular flexibility index (Phi) is 5.91. The number of carboxylic acid groups (broad SMARTS) is 1. The second-order valence-electron chi connectivity index (χ2n) is 7.07. The Bertz CT molecular complexity index is 737. The van der Waals surface area contributed by atoms with Crippen LogP contribution in [0.5, 0.6) is 0 Å². The quantitative estimate of drug-likeness (QED) is 0.834. The molecule has 0 radical (unpaired) electrons. The van der Waals surface area contributed by atoms with Crippen LogP contribution in [0.1, 0.15) is 16.7 Å². The van der Waals surface area contributed by atoms with E-state index < -0.39 is 12.0 Å². The number of piperazine rings is 1. The van der Waals surface area contributed by atoms with Gasteiger partial charge in [0.05, 0.1) is 0 Å². The molecule has 0 aliphatic carbocycles. The molecule has 1 atom stereocenters. The number of hydrogen-bond donors (Lipinski definition) is 2. The lowest BCUT2D eigenvalue weighted by Gasteiger charge is -2.36. The van der Waals surface area contributed by atoms with Crippen LogP contribution in [0.15, 0.2) is 48.5 Å². The summed E-state index contributed by atoms with van der Waals surface area (Å²) >= 11 is 0. The van der Waals surface area contributed by atoms with Crippen molar-refractivity contribution in [3.8, 4) is 0 Å². The molecule has 5 heteroatoms. The summed E-state index contributed by atoms with van der Waals surface area (Å²) in [7, 11) is 0. The molecule has 138 valence electrons. The molecule has 0 spiro atoms. The van der Waals surface area contributed by atoms with Gasteiger partial charge in [-0.05, 0) is 36.6 Å². The number of carboxylic acids is 1. The number of anilines is 1. The van der Waals surface area contributed by atoms with Gasteiger partial charge >= 0.3 is 5.97 Å². The average molecular weight is 353 g/mol. The Morgan fingerprint density at radius 1 is 1.08 bits per heavy atom. The van der Waals surface area contributed by atoms with E-state index in [9.17, 15) is 4.79 Å². The van der Waals surface area contributed by atoms with E-state index >= 15 is 0 Å². The normalized spacial score (nSPS) is 16.5. The van der Waals surface area contributed by atoms with Crippen LogP contribution < -0.4 is 10.6 Å². The Balaban J connectivity index is 1.54. The Labute approximate surface area is 155 Å². The summed E-state index contributed by atoms with van der Waals surface area (Å²) in [6.07, 6.45) is 0.365. The summed E-state index contributed by atoms with van der Waals surface area (Å²) in [5, 5.41) is 8.97. The van der Waals surface area contributed by atoms with Crippen LogP contribution >= 0.6 is 0 Å². The monoisotopic (exact) mass is 353 g/mol. The molecular weight excluding hydrogens is 326 g/mol. The van der Waals surface area contributed by atoms with Gasteiger partial charge in [0, 0.05) is 38.4 Å². The number of carbonyl (C=O) groups is 1. The SMILES string of the molecule is Cc1ccc(N2CCN(Cc3cccc(CC(N)C(=O)O)c3)CC2)cc1. The number of aryl methyl sites for hydroxylation is 1. The number of hydrogen-bond acceptors (Lipinski definition) is 4. The molecule has 1 fully saturated rings. The number of aliphatic carboxylic acids is 1. The highest BCUT2D eigenvalue weighted by molar-refractivity contribution is 5.73. The van der Waals surface area contributed by atoms with Crippen molar-refractivity contribution >= 4 is 11.7 Å². The highest BCUT2D eigenvalue weighted by Crippen LogP contribution is 2.18. The third-order valence-electron chi connectivity index (χ3n) is 4.94. The van der Waals surface area contributed by atoms with Gasteiger partial charge < -0.3 is 15.7 Å². The first-order valence-electron chi connectivity index (χ1n) is 9.11. The van der Waals surface area contributed by atoms with Crippen LogP contribution in [0.4, 0.5) is 5.69 Å². The maximum atomic E-state index is 10.9. The molecule has 1 aliphatic rings. The van der Waals surface area contributed by atoms with E-state index in [2.05, 4.69) is 53.1 Å². The van der Waals surface area contributed by atoms with E-state index in [1.807, 2.05) is 12.1 Å². The number of nitrogens with zero attached hydrogens (tertiary/aromatic N) is 2. The van der Waals surface area contributed by atoms with E-state index in [0.29, 0.717) is 6.42 Å². The molecule has 1 aliphatic heterocycles. The van der Waals surface area contributed by atoms with Crippen LogP contribution in [0.25, 0.3) is 0 Å². The minimum atomic E-state index is -0.956. The lowest BCUT2D eigenvalue weighted by atomic mass is 10.0. The average Bonchev–Trinajstić information content (AvgIpc) is 2.63. The molecule has 1 saturated heterocycles. The van der Waals surface area contributed by atoms with E-state index in [1.165, 1.54) is 16.8 Å². The van der Waals surface area contributed by atoms with Crippen LogP contribution in [-0.2, 0) is 17.8 Å². The van der Waals surface area contributed by atoms with Gasteiger partial charge in [0.1, 0.15) is 6.04 Å². The molecule has 0 bridgehead atoms. The Hall–Kier alpha value is -2.37. The van der Waals surface area contributed by atoms with Crippen molar-refractivity contribution in [2.45, 2.75) is 25.9 Å². The lowest BCUT2D eigenvalue weighted by Crippen LogP contribution is -2.45. The summed E-state index contributed by atoms with van der Waals surface area (Å²) in [4.78, 5) is 15.8. The summed E-state index contributed by atoms with van der Waals surface area (Å²) < 4.78 is 0. The van der Waals surface area contributed by atoms with Gasteiger partial charge in [-0.25, -0.2) is 0 Å². The van der Waals surface area contributed by atoms with Gasteiger partial charge in [-0.3, -0.25) is 9.69 Å². The van der Waals surface area contributed by atoms with Gasteiger partial charge in [-0.1, -0.05) is 42.0 Å². The summed E-state index contributed by atoms with van der Waals surface area (Å²) in [6.45, 7) is 7.08. The second-order valence-corrected chi connectivity index (χ2v) is 7.07. The van der Waals surface area contributed by atoms with Crippen LogP contribution in [0.2, 0.25) is 0 Å². The number of benzene rings is 2. The largest absolute Gasteiger partial charge is 0.480 e. The molecule has 3 rings (SSSR count). The standard InChI is InChI=1S/C21H27N3O2/c1-16-5-7-19(8-6-16)24-11-9-23(10-12-24)15-18-4-2-3-17(13-18)14-20(22)21(25)26/h2-8,13,20H,9-12,14-15,22H2,1H3,(H,25,26). The van der Waals surface area contributed by atoms with E-state index in [4.69, 9.17) is 10.8 Å². The van der Waals surface area contributed by atoms with E-state index in [0.717, 1.165) is 38.3 Å². The predicted molar refractivity (Wildman–Crippen MR) is 104 cm³/mol. The minimum Gasteiger partial charge on any atom is -0.480 e. The third-order valence-corrected chi connectivity index (χ3v) is 4.94. The minimum absolute atomic E-state index is 0.365. The van der Waals surface area contributed by atoms with Gasteiger partial charge in [-0.15, -0.1) is 0 Å². The van der Waals surface area contributed by atoms with Crippen molar-refractivity contribution < 1.29 is 9.90 Å². The summed E-state index contributed by atoms with van der Waals surface area (Å²) in [5.41, 5.74) is 10.4. The summed E-state index contributed by atoms with van der Waals surface area (Å²) in [6, 6.07) is 16.0. The highest BCUT2D eigenvalue weighted by Gasteiger charge is 2.18. The van der Waals surface area contributed by atoms with Crippen LogP contribution in [0, 0.1) is 6.92 Å². The van der Waals surface area contributed by atoms with Crippen molar-refractivity contribution in [1.82, 2.24) is 4.90 Å². The second kappa shape index (κ2) is 8.34. The number of rotatable bonds is 6. The van der Waals surface area contributed by atoms with E-state index in [1.54, 1.807) is 0 Å². The van der Waals surface area contributed by atoms with Crippen LogP contribution in [-0.4, -0.2) is 48.2 Å². The molecule has 0 aromatic heterocycles. The molecular formula is C21H27N3O2. The highest BCUT2D eigenvalue weighted by atomic mass is 16.4. The van der Waals surface area contributed by atoms with Gasteiger partial charge in [-0.2, -0.15) is 0 Å². The molecule has 26 heavy (non-hydrogen) atoms. The molecule has 3 N–H and O–H groups in total. The first kappa shape index (κ1) is 18.4. The zero-order valence-corrected chi connectivity index (χ0v) is 15.3. The zero-order chi connectivity index (χ0) is 18.5. The lowest BCUT2D eigenvalue weighted by molar-refractivity contribution is -0.138. The molecule has 5 nitrogen and oxygen atoms in total. The fourth-order valence-corrected chi connectivity index (χ4v) is 3.37. The van der Waals surface area contributed by atoms with Crippen molar-refractivity contribution in [2.75, 3.05) is 31.1 Å². The van der Waals surface area contributed by atoms with Crippen molar-refractivity contribution in [1.29, 1.82) is 0 Å². The fraction of sp³-hybridized carbons (Fsp3) is 0.381. The molecule has 1 unspecified atom stereocenters. The van der Waals surface area contributed by atoms with Crippen molar-refractivity contribution in [3.05, 3.63) is 65.2 Å².